The molecule has 0 heterocycles. The summed E-state index contributed by atoms with van der Waals surface area (Å²) in [7, 11) is 1.23. The van der Waals surface area contributed by atoms with Crippen molar-refractivity contribution in [2.75, 3.05) is 7.11 Å². The van der Waals surface area contributed by atoms with Gasteiger partial charge in [-0.05, 0) is 43.9 Å². The number of nitrogens with two attached hydrogens (primary N) is 1. The Kier molecular flexibility index (Phi) is 13.3. The number of unbranched alkanes of at least 4 members (excludes halogenated alkanes) is 1. The molecule has 0 aliphatic heterocycles. The van der Waals surface area contributed by atoms with Crippen molar-refractivity contribution in [3.8, 4) is 11.5 Å². The number of rotatable bonds is 15. The molecule has 1 aromatic rings. The first-order valence-corrected chi connectivity index (χ1v) is 13.0. The second-order valence-electron chi connectivity index (χ2n) is 9.67. The fourth-order valence-corrected chi connectivity index (χ4v) is 3.53. The second-order valence-corrected chi connectivity index (χ2v) is 9.67. The van der Waals surface area contributed by atoms with Crippen LogP contribution in [0.2, 0.25) is 0 Å². The summed E-state index contributed by atoms with van der Waals surface area (Å²) >= 11 is 0. The van der Waals surface area contributed by atoms with Crippen LogP contribution in [0.5, 0.6) is 11.5 Å². The van der Waals surface area contributed by atoms with Crippen molar-refractivity contribution in [1.29, 1.82) is 0 Å². The summed E-state index contributed by atoms with van der Waals surface area (Å²) in [5.41, 5.74) is 5.53. The van der Waals surface area contributed by atoms with Gasteiger partial charge in [-0.3, -0.25) is 19.2 Å². The molecule has 9 nitrogen and oxygen atoms in total. The molecule has 4 atom stereocenters. The fraction of sp³-hybridized carbons (Fsp3) is 0.643. The van der Waals surface area contributed by atoms with Crippen LogP contribution in [0.15, 0.2) is 18.2 Å². The monoisotopic (exact) mass is 521 g/mol. The first-order chi connectivity index (χ1) is 17.4. The highest BCUT2D eigenvalue weighted by atomic mass is 16.6. The fourth-order valence-electron chi connectivity index (χ4n) is 3.53. The van der Waals surface area contributed by atoms with Crippen molar-refractivity contribution in [2.24, 2.45) is 17.6 Å². The van der Waals surface area contributed by atoms with E-state index in [1.807, 2.05) is 20.8 Å². The molecule has 0 amide bonds. The second kappa shape index (κ2) is 15.3. The van der Waals surface area contributed by atoms with E-state index >= 15 is 0 Å². The maximum atomic E-state index is 12.7. The zero-order valence-electron chi connectivity index (χ0n) is 23.3. The molecule has 0 radical (unpaired) electrons. The third kappa shape index (κ3) is 10.1. The van der Waals surface area contributed by atoms with Gasteiger partial charge in [0, 0.05) is 19.3 Å². The number of hydrogen-bond acceptors (Lipinski definition) is 9. The van der Waals surface area contributed by atoms with E-state index in [9.17, 15) is 19.2 Å². The Hall–Kier alpha value is -2.94. The van der Waals surface area contributed by atoms with Gasteiger partial charge in [0.05, 0.1) is 18.9 Å². The van der Waals surface area contributed by atoms with Crippen molar-refractivity contribution in [1.82, 2.24) is 0 Å². The van der Waals surface area contributed by atoms with Gasteiger partial charge < -0.3 is 24.7 Å². The van der Waals surface area contributed by atoms with Crippen molar-refractivity contribution in [3.05, 3.63) is 23.8 Å². The Bertz CT molecular complexity index is 931. The standard InChI is InChI=1S/C28H43NO8/c1-8-11-12-24(30)35-20(6)16-28(29,27(33)34-7)17-21-13-14-22(36-25(31)18(4)9-2)23(15-21)37-26(32)19(5)10-3/h13-15,18-20H,8-12,16-17,29H2,1-7H3/t18?,19?,20-,28?/m0/s1. The van der Waals surface area contributed by atoms with Gasteiger partial charge in [-0.2, -0.15) is 0 Å². The average Bonchev–Trinajstić information content (AvgIpc) is 2.86. The molecule has 0 aliphatic rings. The summed E-state index contributed by atoms with van der Waals surface area (Å²) < 4.78 is 21.5. The molecule has 0 saturated carbocycles. The van der Waals surface area contributed by atoms with E-state index in [1.54, 1.807) is 26.8 Å². The van der Waals surface area contributed by atoms with Gasteiger partial charge in [-0.25, -0.2) is 0 Å². The molecule has 2 N–H and O–H groups in total. The van der Waals surface area contributed by atoms with Crippen LogP contribution in [0, 0.1) is 11.8 Å². The van der Waals surface area contributed by atoms with Gasteiger partial charge >= 0.3 is 23.9 Å². The molecule has 1 aromatic carbocycles. The molecule has 0 aliphatic carbocycles. The highest BCUT2D eigenvalue weighted by Gasteiger charge is 2.38. The molecule has 0 aromatic heterocycles. The van der Waals surface area contributed by atoms with E-state index in [-0.39, 0.29) is 42.1 Å². The van der Waals surface area contributed by atoms with Crippen LogP contribution < -0.4 is 15.2 Å². The summed E-state index contributed by atoms with van der Waals surface area (Å²) in [5.74, 6) is -2.49. The maximum absolute atomic E-state index is 12.7. The van der Waals surface area contributed by atoms with E-state index < -0.39 is 29.6 Å². The molecule has 1 rings (SSSR count). The van der Waals surface area contributed by atoms with Gasteiger partial charge in [0.2, 0.25) is 0 Å². The Balaban J connectivity index is 3.26. The Morgan fingerprint density at radius 3 is 2.00 bits per heavy atom. The van der Waals surface area contributed by atoms with E-state index in [0.29, 0.717) is 31.2 Å². The van der Waals surface area contributed by atoms with Crippen molar-refractivity contribution < 1.29 is 38.1 Å². The first-order valence-electron chi connectivity index (χ1n) is 13.0. The predicted octanol–water partition coefficient (Wildman–Crippen LogP) is 4.51. The minimum Gasteiger partial charge on any atom is -0.468 e. The zero-order valence-corrected chi connectivity index (χ0v) is 23.3. The van der Waals surface area contributed by atoms with Crippen LogP contribution in [0.1, 0.15) is 85.6 Å². The molecule has 0 fully saturated rings. The van der Waals surface area contributed by atoms with Crippen molar-refractivity contribution in [2.45, 2.75) is 98.1 Å². The minimum absolute atomic E-state index is 0.00396. The van der Waals surface area contributed by atoms with Gasteiger partial charge in [-0.15, -0.1) is 0 Å². The summed E-state index contributed by atoms with van der Waals surface area (Å²) in [6, 6.07) is 4.69. The van der Waals surface area contributed by atoms with Gasteiger partial charge in [0.25, 0.3) is 0 Å². The van der Waals surface area contributed by atoms with Gasteiger partial charge in [-0.1, -0.05) is 47.1 Å². The number of hydrogen-bond donors (Lipinski definition) is 1. The Morgan fingerprint density at radius 1 is 0.919 bits per heavy atom. The predicted molar refractivity (Wildman–Crippen MR) is 139 cm³/mol. The van der Waals surface area contributed by atoms with Gasteiger partial charge in [0.15, 0.2) is 11.5 Å². The van der Waals surface area contributed by atoms with E-state index in [2.05, 4.69) is 0 Å². The van der Waals surface area contributed by atoms with Crippen LogP contribution in [-0.4, -0.2) is 42.6 Å². The normalized spacial score (nSPS) is 15.0. The first kappa shape index (κ1) is 32.1. The summed E-state index contributed by atoms with van der Waals surface area (Å²) in [5, 5.41) is 0. The summed E-state index contributed by atoms with van der Waals surface area (Å²) in [6.45, 7) is 10.9. The average molecular weight is 522 g/mol. The molecule has 208 valence electrons. The molecule has 0 saturated heterocycles. The number of carbonyl (C=O) groups is 4. The SMILES string of the molecule is CCCCC(=O)O[C@@H](C)CC(N)(Cc1ccc(OC(=O)C(C)CC)c(OC(=O)C(C)CC)c1)C(=O)OC. The third-order valence-corrected chi connectivity index (χ3v) is 6.29. The molecular weight excluding hydrogens is 478 g/mol. The quantitative estimate of drug-likeness (QED) is 0.261. The lowest BCUT2D eigenvalue weighted by atomic mass is 9.86. The highest BCUT2D eigenvalue weighted by molar-refractivity contribution is 5.81. The molecule has 0 spiro atoms. The molecule has 0 bridgehead atoms. The van der Waals surface area contributed by atoms with Crippen LogP contribution >= 0.6 is 0 Å². The van der Waals surface area contributed by atoms with E-state index in [4.69, 9.17) is 24.7 Å². The molecule has 9 heteroatoms. The smallest absolute Gasteiger partial charge is 0.326 e. The van der Waals surface area contributed by atoms with Crippen LogP contribution in [0.3, 0.4) is 0 Å². The largest absolute Gasteiger partial charge is 0.468 e. The number of ether oxygens (including phenoxy) is 4. The highest BCUT2D eigenvalue weighted by Crippen LogP contribution is 2.32. The summed E-state index contributed by atoms with van der Waals surface area (Å²) in [6.07, 6.45) is 2.42. The van der Waals surface area contributed by atoms with E-state index in [0.717, 1.165) is 6.42 Å². The van der Waals surface area contributed by atoms with Crippen molar-refractivity contribution >= 4 is 23.9 Å². The maximum Gasteiger partial charge on any atom is 0.326 e. The van der Waals surface area contributed by atoms with Crippen LogP contribution in [-0.2, 0) is 35.1 Å². The Labute approximate surface area is 220 Å². The summed E-state index contributed by atoms with van der Waals surface area (Å²) in [4.78, 5) is 49.7. The lowest BCUT2D eigenvalue weighted by molar-refractivity contribution is -0.155. The van der Waals surface area contributed by atoms with E-state index in [1.165, 1.54) is 19.2 Å². The van der Waals surface area contributed by atoms with Crippen molar-refractivity contribution in [3.63, 3.8) is 0 Å². The number of benzene rings is 1. The lowest BCUT2D eigenvalue weighted by Gasteiger charge is -2.29. The third-order valence-electron chi connectivity index (χ3n) is 6.29. The number of carbonyl (C=O) groups excluding carboxylic acids is 4. The van der Waals surface area contributed by atoms with Gasteiger partial charge in [0.1, 0.15) is 11.6 Å². The molecular formula is C28H43NO8. The molecule has 37 heavy (non-hydrogen) atoms. The Morgan fingerprint density at radius 2 is 1.49 bits per heavy atom. The number of esters is 4. The van der Waals surface area contributed by atoms with Crippen LogP contribution in [0.4, 0.5) is 0 Å². The zero-order chi connectivity index (χ0) is 28.2. The number of methoxy groups -OCH3 is 1. The molecule has 3 unspecified atom stereocenters. The minimum atomic E-state index is -1.52. The van der Waals surface area contributed by atoms with Crippen LogP contribution in [0.25, 0.3) is 0 Å². The topological polar surface area (TPSA) is 131 Å². The lowest BCUT2D eigenvalue weighted by Crippen LogP contribution is -2.53.